The third kappa shape index (κ3) is 3.59. The molecule has 0 bridgehead atoms. The normalized spacial score (nSPS) is 22.2. The number of amides is 1. The number of esters is 1. The molecule has 11 heteroatoms. The summed E-state index contributed by atoms with van der Waals surface area (Å²) in [6.07, 6.45) is 0.334. The predicted molar refractivity (Wildman–Crippen MR) is 105 cm³/mol. The van der Waals surface area contributed by atoms with Crippen molar-refractivity contribution >= 4 is 35.0 Å². The fourth-order valence-electron chi connectivity index (χ4n) is 3.48. The first-order chi connectivity index (χ1) is 14.3. The van der Waals surface area contributed by atoms with E-state index in [-0.39, 0.29) is 29.3 Å². The Hall–Kier alpha value is -3.47. The number of thioether (sulfide) groups is 1. The number of hydrogen-bond acceptors (Lipinski definition) is 8. The highest BCUT2D eigenvalue weighted by Crippen LogP contribution is 2.52. The summed E-state index contributed by atoms with van der Waals surface area (Å²) in [4.78, 5) is 47.0. The average Bonchev–Trinajstić information content (AvgIpc) is 3.05. The van der Waals surface area contributed by atoms with Crippen LogP contribution in [0, 0.1) is 20.2 Å². The quantitative estimate of drug-likeness (QED) is 0.296. The lowest BCUT2D eigenvalue weighted by molar-refractivity contribution is -0.385. The Kier molecular flexibility index (Phi) is 5.12. The van der Waals surface area contributed by atoms with Crippen molar-refractivity contribution in [3.63, 3.8) is 0 Å². The lowest BCUT2D eigenvalue weighted by Crippen LogP contribution is -2.54. The third-order valence-corrected chi connectivity index (χ3v) is 6.57. The molecule has 154 valence electrons. The highest BCUT2D eigenvalue weighted by Gasteiger charge is 2.55. The second-order valence-electron chi connectivity index (χ2n) is 6.84. The molecule has 1 amide bonds. The van der Waals surface area contributed by atoms with Gasteiger partial charge in [0.2, 0.25) is 5.91 Å². The standard InChI is InChI=1S/C19H15N3O7S/c23-15-9-16-20(15)17(18(30-16)12-3-7-14(8-4-12)22(27)28)19(24)29-10-11-1-5-13(6-2-11)21(25)26/h1-8,16-18H,9-10H2/t16-,17-,18-/m0/s1. The fourth-order valence-corrected chi connectivity index (χ4v) is 5.14. The molecule has 2 aliphatic rings. The van der Waals surface area contributed by atoms with Gasteiger partial charge in [-0.3, -0.25) is 25.0 Å². The molecule has 2 aromatic carbocycles. The maximum absolute atomic E-state index is 12.8. The van der Waals surface area contributed by atoms with Gasteiger partial charge in [0.15, 0.2) is 0 Å². The molecule has 0 spiro atoms. The van der Waals surface area contributed by atoms with Gasteiger partial charge in [0.05, 0.1) is 26.9 Å². The minimum absolute atomic E-state index is 0.0570. The number of rotatable bonds is 6. The smallest absolute Gasteiger partial charge is 0.330 e. The van der Waals surface area contributed by atoms with Gasteiger partial charge >= 0.3 is 5.97 Å². The minimum atomic E-state index is -0.833. The fraction of sp³-hybridized carbons (Fsp3) is 0.263. The van der Waals surface area contributed by atoms with Gasteiger partial charge in [-0.1, -0.05) is 12.1 Å². The van der Waals surface area contributed by atoms with Crippen LogP contribution in [0.1, 0.15) is 22.8 Å². The topological polar surface area (TPSA) is 133 Å². The number of β-lactam (4-membered cyclic amide) rings is 1. The molecule has 0 radical (unpaired) electrons. The van der Waals surface area contributed by atoms with Crippen molar-refractivity contribution in [3.8, 4) is 0 Å². The predicted octanol–water partition coefficient (Wildman–Crippen LogP) is 2.96. The van der Waals surface area contributed by atoms with Gasteiger partial charge in [-0.25, -0.2) is 4.79 Å². The zero-order chi connectivity index (χ0) is 21.4. The monoisotopic (exact) mass is 429 g/mol. The van der Waals surface area contributed by atoms with Crippen LogP contribution in [0.25, 0.3) is 0 Å². The van der Waals surface area contributed by atoms with Crippen LogP contribution in [0.4, 0.5) is 11.4 Å². The van der Waals surface area contributed by atoms with Crippen molar-refractivity contribution in [2.24, 2.45) is 0 Å². The summed E-state index contributed by atoms with van der Waals surface area (Å²) >= 11 is 1.45. The van der Waals surface area contributed by atoms with Crippen LogP contribution in [-0.2, 0) is 20.9 Å². The zero-order valence-corrected chi connectivity index (χ0v) is 16.2. The van der Waals surface area contributed by atoms with Crippen LogP contribution in [0.2, 0.25) is 0 Å². The molecular formula is C19H15N3O7S. The van der Waals surface area contributed by atoms with E-state index in [0.29, 0.717) is 17.5 Å². The van der Waals surface area contributed by atoms with Crippen molar-refractivity contribution < 1.29 is 24.2 Å². The number of carbonyl (C=O) groups excluding carboxylic acids is 2. The first kappa shape index (κ1) is 19.8. The second-order valence-corrected chi connectivity index (χ2v) is 8.17. The van der Waals surface area contributed by atoms with Crippen LogP contribution in [0.5, 0.6) is 0 Å². The van der Waals surface area contributed by atoms with Crippen LogP contribution in [-0.4, -0.2) is 38.0 Å². The van der Waals surface area contributed by atoms with Crippen LogP contribution < -0.4 is 0 Å². The number of nitrogens with zero attached hydrogens (tertiary/aromatic N) is 3. The molecule has 0 saturated carbocycles. The Morgan fingerprint density at radius 1 is 1.03 bits per heavy atom. The summed E-state index contributed by atoms with van der Waals surface area (Å²) in [5.41, 5.74) is 1.16. The molecule has 2 aromatic rings. The number of carbonyl (C=O) groups is 2. The number of benzene rings is 2. The van der Waals surface area contributed by atoms with E-state index in [1.807, 2.05) is 0 Å². The van der Waals surface area contributed by atoms with Gasteiger partial charge in [-0.05, 0) is 23.3 Å². The van der Waals surface area contributed by atoms with Gasteiger partial charge in [-0.15, -0.1) is 11.8 Å². The summed E-state index contributed by atoms with van der Waals surface area (Å²) in [6.45, 7) is -0.0856. The van der Waals surface area contributed by atoms with Gasteiger partial charge in [0.25, 0.3) is 11.4 Å². The number of nitro groups is 2. The van der Waals surface area contributed by atoms with E-state index in [0.717, 1.165) is 0 Å². The molecule has 0 N–H and O–H groups in total. The second kappa shape index (κ2) is 7.75. The molecule has 2 saturated heterocycles. The van der Waals surface area contributed by atoms with Gasteiger partial charge in [-0.2, -0.15) is 0 Å². The number of nitro benzene ring substituents is 2. The SMILES string of the molecule is O=C(OCc1ccc([N+](=O)[O-])cc1)[C@@H]1[C@H](c2ccc([N+](=O)[O-])cc2)S[C@H]2CC(=O)N21. The summed E-state index contributed by atoms with van der Waals surface area (Å²) < 4.78 is 5.40. The number of hydrogen-bond donors (Lipinski definition) is 0. The van der Waals surface area contributed by atoms with Crippen LogP contribution in [0.3, 0.4) is 0 Å². The summed E-state index contributed by atoms with van der Waals surface area (Å²) in [6, 6.07) is 10.7. The van der Waals surface area contributed by atoms with Crippen molar-refractivity contribution in [2.75, 3.05) is 0 Å². The Balaban J connectivity index is 1.50. The minimum Gasteiger partial charge on any atom is -0.459 e. The number of fused-ring (bicyclic) bond motifs is 1. The molecule has 30 heavy (non-hydrogen) atoms. The Bertz CT molecular complexity index is 1030. The van der Waals surface area contributed by atoms with E-state index in [2.05, 4.69) is 0 Å². The summed E-state index contributed by atoms with van der Waals surface area (Å²) in [5.74, 6) is -0.728. The lowest BCUT2D eigenvalue weighted by atomic mass is 10.0. The summed E-state index contributed by atoms with van der Waals surface area (Å²) in [7, 11) is 0. The third-order valence-electron chi connectivity index (χ3n) is 5.04. The molecule has 0 aromatic heterocycles. The first-order valence-corrected chi connectivity index (χ1v) is 9.90. The van der Waals surface area contributed by atoms with E-state index in [4.69, 9.17) is 4.74 Å². The van der Waals surface area contributed by atoms with Gasteiger partial charge in [0.1, 0.15) is 12.6 Å². The van der Waals surface area contributed by atoms with Crippen LogP contribution in [0.15, 0.2) is 48.5 Å². The largest absolute Gasteiger partial charge is 0.459 e. The van der Waals surface area contributed by atoms with Crippen LogP contribution >= 0.6 is 11.8 Å². The molecule has 0 aliphatic carbocycles. The van der Waals surface area contributed by atoms with Crippen molar-refractivity contribution in [1.82, 2.24) is 4.90 Å². The Labute approximate surface area is 174 Å². The molecule has 2 fully saturated rings. The molecular weight excluding hydrogens is 414 g/mol. The molecule has 2 heterocycles. The highest BCUT2D eigenvalue weighted by molar-refractivity contribution is 8.00. The molecule has 3 atom stereocenters. The zero-order valence-electron chi connectivity index (χ0n) is 15.4. The Morgan fingerprint density at radius 3 is 2.13 bits per heavy atom. The lowest BCUT2D eigenvalue weighted by Gasteiger charge is -2.36. The van der Waals surface area contributed by atoms with Crippen molar-refractivity contribution in [2.45, 2.75) is 29.7 Å². The molecule has 0 unspecified atom stereocenters. The van der Waals surface area contributed by atoms with E-state index >= 15 is 0 Å². The molecule has 2 aliphatic heterocycles. The van der Waals surface area contributed by atoms with Gasteiger partial charge in [0, 0.05) is 24.3 Å². The number of ether oxygens (including phenoxy) is 1. The van der Waals surface area contributed by atoms with E-state index in [1.165, 1.54) is 53.1 Å². The van der Waals surface area contributed by atoms with E-state index in [9.17, 15) is 29.8 Å². The number of non-ortho nitro benzene ring substituents is 2. The van der Waals surface area contributed by atoms with Crippen molar-refractivity contribution in [1.29, 1.82) is 0 Å². The summed E-state index contributed by atoms with van der Waals surface area (Å²) in [5, 5.41) is 21.1. The first-order valence-electron chi connectivity index (χ1n) is 8.96. The highest BCUT2D eigenvalue weighted by atomic mass is 32.2. The maximum atomic E-state index is 12.8. The average molecular weight is 429 g/mol. The van der Waals surface area contributed by atoms with E-state index < -0.39 is 27.1 Å². The van der Waals surface area contributed by atoms with E-state index in [1.54, 1.807) is 12.1 Å². The van der Waals surface area contributed by atoms with Crippen molar-refractivity contribution in [3.05, 3.63) is 79.9 Å². The Morgan fingerprint density at radius 2 is 1.60 bits per heavy atom. The molecule has 10 nitrogen and oxygen atoms in total. The van der Waals surface area contributed by atoms with Gasteiger partial charge < -0.3 is 9.64 Å². The molecule has 4 rings (SSSR count). The maximum Gasteiger partial charge on any atom is 0.330 e.